The topological polar surface area (TPSA) is 146 Å². The number of ether oxygens (including phenoxy) is 4. The lowest BCUT2D eigenvalue weighted by Crippen LogP contribution is -2.71. The molecule has 0 atom stereocenters. The van der Waals surface area contributed by atoms with Crippen molar-refractivity contribution in [3.8, 4) is 23.0 Å². The second-order valence-electron chi connectivity index (χ2n) is 4.74. The van der Waals surface area contributed by atoms with Crippen LogP contribution in [0.25, 0.3) is 0 Å². The molecule has 0 saturated heterocycles. The lowest BCUT2D eigenvalue weighted by molar-refractivity contribution is -2.00. The number of methoxy groups -OCH3 is 4. The first-order chi connectivity index (χ1) is 12.2. The number of hydrogen-bond donors (Lipinski definition) is 1. The molecule has 144 valence electrons. The van der Waals surface area contributed by atoms with E-state index in [4.69, 9.17) is 37.6 Å². The first-order valence-corrected chi connectivity index (χ1v) is 8.35. The Morgan fingerprint density at radius 1 is 0.654 bits per heavy atom. The van der Waals surface area contributed by atoms with E-state index in [1.54, 1.807) is 28.4 Å². The van der Waals surface area contributed by atoms with Crippen LogP contribution >= 0.6 is 0 Å². The highest BCUT2D eigenvalue weighted by Crippen LogP contribution is 2.30. The molecule has 0 aliphatic carbocycles. The number of rotatable bonds is 6. The summed E-state index contributed by atoms with van der Waals surface area (Å²) in [6.45, 7) is 0. The Morgan fingerprint density at radius 3 is 1.27 bits per heavy atom. The maximum atomic E-state index is 8.49. The van der Waals surface area contributed by atoms with Crippen molar-refractivity contribution in [3.63, 3.8) is 0 Å². The van der Waals surface area contributed by atoms with Gasteiger partial charge in [-0.3, -0.25) is 5.32 Å². The zero-order valence-corrected chi connectivity index (χ0v) is 15.4. The van der Waals surface area contributed by atoms with Gasteiger partial charge in [0.25, 0.3) is 0 Å². The van der Waals surface area contributed by atoms with Gasteiger partial charge < -0.3 is 18.9 Å². The molecule has 0 aliphatic rings. The first-order valence-electron chi connectivity index (χ1n) is 7.12. The second-order valence-corrected chi connectivity index (χ2v) is 5.49. The highest BCUT2D eigenvalue weighted by molar-refractivity contribution is 5.55. The molecule has 2 N–H and O–H groups in total. The van der Waals surface area contributed by atoms with Crippen molar-refractivity contribution < 1.29 is 53.1 Å². The van der Waals surface area contributed by atoms with Crippen LogP contribution in [0.5, 0.6) is 23.0 Å². The third-order valence-electron chi connectivity index (χ3n) is 3.19. The van der Waals surface area contributed by atoms with Crippen LogP contribution in [0.3, 0.4) is 0 Å². The summed E-state index contributed by atoms with van der Waals surface area (Å²) in [5, 5.41) is 2.00. The standard InChI is InChI=1S/C16H19NO4.ClHO4/c1-18-11-5-7-13(15(9-11)20-3)17-14-8-6-12(19-2)10-16(14)21-4;2-1(3,4)5/h5-10,17H,1-4H3;(H,2,3,4,5). The number of quaternary nitrogens is 1. The smallest absolute Gasteiger partial charge is 0.183 e. The van der Waals surface area contributed by atoms with E-state index in [-0.39, 0.29) is 0 Å². The SMILES string of the molecule is COc1ccc([NH2+]c2ccc(OC)cc2OC)c(OC)c1.[O-][Cl+3]([O-])([O-])[O-]. The largest absolute Gasteiger partial charge is 0.497 e. The third kappa shape index (κ3) is 7.31. The van der Waals surface area contributed by atoms with E-state index in [1.807, 2.05) is 41.7 Å². The molecule has 0 unspecified atom stereocenters. The summed E-state index contributed by atoms with van der Waals surface area (Å²) in [7, 11) is 1.59. The minimum absolute atomic E-state index is 0.743. The van der Waals surface area contributed by atoms with Crippen LogP contribution in [-0.4, -0.2) is 28.4 Å². The van der Waals surface area contributed by atoms with Crippen LogP contribution in [-0.2, 0) is 0 Å². The van der Waals surface area contributed by atoms with Gasteiger partial charge in [0.15, 0.2) is 22.9 Å². The van der Waals surface area contributed by atoms with Crippen LogP contribution in [0.15, 0.2) is 36.4 Å². The van der Waals surface area contributed by atoms with Crippen molar-refractivity contribution in [1.82, 2.24) is 0 Å². The molecule has 2 aromatic rings. The van der Waals surface area contributed by atoms with E-state index in [0.29, 0.717) is 0 Å². The number of halogens is 1. The van der Waals surface area contributed by atoms with Gasteiger partial charge in [-0.25, -0.2) is 18.6 Å². The van der Waals surface area contributed by atoms with E-state index in [1.165, 1.54) is 0 Å². The highest BCUT2D eigenvalue weighted by Gasteiger charge is 2.14. The number of hydrogen-bond acceptors (Lipinski definition) is 8. The monoisotopic (exact) mass is 389 g/mol. The summed E-state index contributed by atoms with van der Waals surface area (Å²) >= 11 is 0. The lowest BCUT2D eigenvalue weighted by Gasteiger charge is -2.17. The molecule has 0 aliphatic heterocycles. The van der Waals surface area contributed by atoms with Crippen molar-refractivity contribution in [2.24, 2.45) is 0 Å². The Bertz CT molecular complexity index is 646. The average molecular weight is 390 g/mol. The quantitative estimate of drug-likeness (QED) is 0.533. The number of benzene rings is 2. The van der Waals surface area contributed by atoms with Crippen molar-refractivity contribution >= 4 is 11.4 Å². The molecule has 2 aromatic carbocycles. The highest BCUT2D eigenvalue weighted by atomic mass is 35.7. The van der Waals surface area contributed by atoms with Gasteiger partial charge in [0.1, 0.15) is 11.5 Å². The van der Waals surface area contributed by atoms with Crippen LogP contribution in [0.1, 0.15) is 0 Å². The van der Waals surface area contributed by atoms with E-state index in [2.05, 4.69) is 0 Å². The first kappa shape index (κ1) is 21.8. The fourth-order valence-corrected chi connectivity index (χ4v) is 2.04. The summed E-state index contributed by atoms with van der Waals surface area (Å²) in [4.78, 5) is 0. The number of nitrogens with two attached hydrogens (primary N) is 1. The fraction of sp³-hybridized carbons (Fsp3) is 0.250. The van der Waals surface area contributed by atoms with Crippen LogP contribution in [0.4, 0.5) is 11.4 Å². The van der Waals surface area contributed by atoms with E-state index < -0.39 is 10.2 Å². The zero-order valence-electron chi connectivity index (χ0n) is 14.7. The average Bonchev–Trinajstić information content (AvgIpc) is 2.60. The molecule has 0 spiro atoms. The molecule has 2 rings (SSSR count). The fourth-order valence-electron chi connectivity index (χ4n) is 2.04. The van der Waals surface area contributed by atoms with Crippen LogP contribution < -0.4 is 42.9 Å². The zero-order chi connectivity index (χ0) is 19.7. The molecule has 0 fully saturated rings. The Balaban J connectivity index is 0.000000597. The van der Waals surface area contributed by atoms with E-state index in [0.717, 1.165) is 34.4 Å². The summed E-state index contributed by atoms with van der Waals surface area (Å²) < 4.78 is 55.2. The van der Waals surface area contributed by atoms with Gasteiger partial charge in [-0.15, -0.1) is 10.2 Å². The van der Waals surface area contributed by atoms with Crippen molar-refractivity contribution in [2.45, 2.75) is 0 Å². The minimum Gasteiger partial charge on any atom is -0.497 e. The third-order valence-corrected chi connectivity index (χ3v) is 3.19. The maximum absolute atomic E-state index is 8.49. The molecule has 0 heterocycles. The predicted octanol–water partition coefficient (Wildman–Crippen LogP) is -2.51. The van der Waals surface area contributed by atoms with Gasteiger partial charge in [-0.1, -0.05) is 0 Å². The molecular formula is C16H20ClNO8. The van der Waals surface area contributed by atoms with Gasteiger partial charge in [0.05, 0.1) is 28.4 Å². The molecule has 26 heavy (non-hydrogen) atoms. The van der Waals surface area contributed by atoms with Crippen molar-refractivity contribution in [3.05, 3.63) is 36.4 Å². The molecular weight excluding hydrogens is 370 g/mol. The van der Waals surface area contributed by atoms with Gasteiger partial charge >= 0.3 is 0 Å². The van der Waals surface area contributed by atoms with Gasteiger partial charge in [0.2, 0.25) is 0 Å². The maximum Gasteiger partial charge on any atom is 0.183 e. The van der Waals surface area contributed by atoms with Gasteiger partial charge in [-0.2, -0.15) is 0 Å². The van der Waals surface area contributed by atoms with Crippen LogP contribution in [0, 0.1) is 10.2 Å². The van der Waals surface area contributed by atoms with E-state index >= 15 is 0 Å². The second kappa shape index (κ2) is 10.0. The van der Waals surface area contributed by atoms with Gasteiger partial charge in [0, 0.05) is 24.3 Å². The molecule has 0 amide bonds. The Labute approximate surface area is 153 Å². The van der Waals surface area contributed by atoms with Crippen molar-refractivity contribution in [1.29, 1.82) is 0 Å². The molecule has 10 heteroatoms. The molecule has 0 radical (unpaired) electrons. The minimum atomic E-state index is -4.94. The van der Waals surface area contributed by atoms with E-state index in [9.17, 15) is 0 Å². The summed E-state index contributed by atoms with van der Waals surface area (Å²) in [5.41, 5.74) is 1.89. The molecule has 0 saturated carbocycles. The lowest BCUT2D eigenvalue weighted by atomic mass is 10.2. The van der Waals surface area contributed by atoms with Gasteiger partial charge in [-0.05, 0) is 12.1 Å². The molecule has 0 bridgehead atoms. The summed E-state index contributed by atoms with van der Waals surface area (Å²) in [5.74, 6) is 3.00. The molecule has 0 aromatic heterocycles. The Kier molecular flexibility index (Phi) is 8.39. The predicted molar refractivity (Wildman–Crippen MR) is 80.3 cm³/mol. The van der Waals surface area contributed by atoms with Crippen LogP contribution in [0.2, 0.25) is 0 Å². The Morgan fingerprint density at radius 2 is 1.00 bits per heavy atom. The molecule has 9 nitrogen and oxygen atoms in total. The van der Waals surface area contributed by atoms with Crippen molar-refractivity contribution in [2.75, 3.05) is 28.4 Å². The summed E-state index contributed by atoms with van der Waals surface area (Å²) in [6.07, 6.45) is 0. The summed E-state index contributed by atoms with van der Waals surface area (Å²) in [6, 6.07) is 11.4. The Hall–Kier alpha value is -2.27. The normalized spacial score (nSPS) is 10.5.